The van der Waals surface area contributed by atoms with Crippen molar-refractivity contribution in [1.82, 2.24) is 0 Å². The van der Waals surface area contributed by atoms with Crippen molar-refractivity contribution >= 4 is 0 Å². The summed E-state index contributed by atoms with van der Waals surface area (Å²) >= 11 is 0. The number of benzene rings is 1. The Morgan fingerprint density at radius 1 is 1.22 bits per heavy atom. The first-order valence-electron chi connectivity index (χ1n) is 6.07. The minimum Gasteiger partial charge on any atom is -0.358 e. The molecular formula is C17H26Y-2. The van der Waals surface area contributed by atoms with Crippen LogP contribution in [0.1, 0.15) is 56.4 Å². The second-order valence-electron chi connectivity index (χ2n) is 5.50. The number of rotatable bonds is 3. The van der Waals surface area contributed by atoms with Crippen LogP contribution in [0.15, 0.2) is 18.7 Å². The van der Waals surface area contributed by atoms with Crippen LogP contribution in [0.5, 0.6) is 0 Å². The molecule has 1 aromatic rings. The first kappa shape index (κ1) is 20.4. The molecule has 0 aromatic heterocycles. The Bertz CT molecular complexity index is 383. The van der Waals surface area contributed by atoms with Gasteiger partial charge in [-0.2, -0.15) is 24.3 Å². The van der Waals surface area contributed by atoms with E-state index in [9.17, 15) is 0 Å². The molecule has 0 unspecified atom stereocenters. The van der Waals surface area contributed by atoms with Crippen molar-refractivity contribution < 1.29 is 32.7 Å². The van der Waals surface area contributed by atoms with E-state index >= 15 is 0 Å². The fourth-order valence-corrected chi connectivity index (χ4v) is 1.99. The average Bonchev–Trinajstić information content (AvgIpc) is 2.19. The zero-order valence-corrected chi connectivity index (χ0v) is 15.7. The van der Waals surface area contributed by atoms with Crippen molar-refractivity contribution in [3.63, 3.8) is 0 Å². The van der Waals surface area contributed by atoms with Gasteiger partial charge in [-0.3, -0.25) is 0 Å². The molecule has 0 spiro atoms. The van der Waals surface area contributed by atoms with E-state index in [1.54, 1.807) is 0 Å². The van der Waals surface area contributed by atoms with E-state index in [2.05, 4.69) is 59.4 Å². The summed E-state index contributed by atoms with van der Waals surface area (Å²) in [6, 6.07) is 4.55. The normalized spacial score (nSPS) is 10.3. The number of aryl methyl sites for hydroxylation is 1. The fraction of sp³-hybridized carbons (Fsp3) is 0.471. The molecule has 0 N–H and O–H groups in total. The van der Waals surface area contributed by atoms with Gasteiger partial charge in [-0.25, -0.2) is 0 Å². The van der Waals surface area contributed by atoms with E-state index in [0.29, 0.717) is 0 Å². The Kier molecular flexibility index (Phi) is 9.37. The molecule has 0 aliphatic rings. The van der Waals surface area contributed by atoms with Crippen molar-refractivity contribution in [2.75, 3.05) is 0 Å². The van der Waals surface area contributed by atoms with Crippen molar-refractivity contribution in [3.8, 4) is 0 Å². The summed E-state index contributed by atoms with van der Waals surface area (Å²) in [7, 11) is 0. The smallest absolute Gasteiger partial charge is 0 e. The molecule has 0 fully saturated rings. The summed E-state index contributed by atoms with van der Waals surface area (Å²) in [5, 5.41) is 0. The van der Waals surface area contributed by atoms with E-state index in [1.807, 2.05) is 0 Å². The molecule has 1 radical (unpaired) electrons. The van der Waals surface area contributed by atoms with Crippen molar-refractivity contribution in [3.05, 3.63) is 54.5 Å². The van der Waals surface area contributed by atoms with Gasteiger partial charge in [-0.15, -0.1) is 11.1 Å². The molecule has 1 aromatic carbocycles. The van der Waals surface area contributed by atoms with Crippen LogP contribution in [0, 0.1) is 20.4 Å². The van der Waals surface area contributed by atoms with Crippen LogP contribution < -0.4 is 0 Å². The first-order chi connectivity index (χ1) is 7.40. The summed E-state index contributed by atoms with van der Waals surface area (Å²) in [5.41, 5.74) is 5.54. The fourth-order valence-electron chi connectivity index (χ4n) is 1.99. The SMILES string of the molecule is C=[C-]c1cc(C(C)(C)C)cc(C)c1CCC.[CH3-].[Y]. The number of hydrogen-bond acceptors (Lipinski definition) is 0. The maximum absolute atomic E-state index is 3.81. The van der Waals surface area contributed by atoms with Gasteiger partial charge in [0.25, 0.3) is 0 Å². The largest absolute Gasteiger partial charge is 0.358 e. The second-order valence-corrected chi connectivity index (χ2v) is 5.50. The van der Waals surface area contributed by atoms with Crippen LogP contribution in [0.4, 0.5) is 0 Å². The standard InChI is InChI=1S/C16H23.CH3.Y/c1-7-9-15-12(3)10-14(16(4,5)6)11-13(15)8-2;;/h10-11H,2,7,9H2,1,3-6H3;1H3;/q2*-1;. The molecule has 1 rings (SSSR count). The van der Waals surface area contributed by atoms with Gasteiger partial charge in [0.1, 0.15) is 0 Å². The minimum absolute atomic E-state index is 0. The molecule has 0 bridgehead atoms. The summed E-state index contributed by atoms with van der Waals surface area (Å²) in [6.07, 6.45) is 5.37. The molecule has 0 amide bonds. The molecule has 1 heteroatoms. The molecule has 0 atom stereocenters. The Morgan fingerprint density at radius 2 is 1.78 bits per heavy atom. The van der Waals surface area contributed by atoms with Gasteiger partial charge in [0.15, 0.2) is 0 Å². The third kappa shape index (κ3) is 4.98. The van der Waals surface area contributed by atoms with Crippen LogP contribution in [0.3, 0.4) is 0 Å². The predicted molar refractivity (Wildman–Crippen MR) is 78.3 cm³/mol. The molecule has 0 heterocycles. The maximum atomic E-state index is 3.81. The van der Waals surface area contributed by atoms with Gasteiger partial charge in [-0.1, -0.05) is 59.1 Å². The van der Waals surface area contributed by atoms with Gasteiger partial charge in [0.05, 0.1) is 0 Å². The Balaban J connectivity index is 0. The van der Waals surface area contributed by atoms with Gasteiger partial charge >= 0.3 is 0 Å². The van der Waals surface area contributed by atoms with Crippen LogP contribution in [0.25, 0.3) is 0 Å². The Morgan fingerprint density at radius 3 is 2.17 bits per heavy atom. The minimum atomic E-state index is 0. The zero-order chi connectivity index (χ0) is 12.3. The van der Waals surface area contributed by atoms with Gasteiger partial charge in [-0.05, 0) is 5.41 Å². The monoisotopic (exact) mass is 319 g/mol. The van der Waals surface area contributed by atoms with Crippen molar-refractivity contribution in [2.45, 2.75) is 52.9 Å². The summed E-state index contributed by atoms with van der Waals surface area (Å²) < 4.78 is 0. The summed E-state index contributed by atoms with van der Waals surface area (Å²) in [4.78, 5) is 0. The van der Waals surface area contributed by atoms with Gasteiger partial charge in [0, 0.05) is 32.7 Å². The zero-order valence-electron chi connectivity index (χ0n) is 12.9. The molecule has 0 saturated carbocycles. The molecule has 18 heavy (non-hydrogen) atoms. The quantitative estimate of drug-likeness (QED) is 0.686. The third-order valence-electron chi connectivity index (χ3n) is 3.03. The van der Waals surface area contributed by atoms with Crippen molar-refractivity contribution in [2.24, 2.45) is 0 Å². The van der Waals surface area contributed by atoms with E-state index in [4.69, 9.17) is 0 Å². The van der Waals surface area contributed by atoms with E-state index < -0.39 is 0 Å². The maximum Gasteiger partial charge on any atom is 0 e. The van der Waals surface area contributed by atoms with E-state index in [-0.39, 0.29) is 45.6 Å². The average molecular weight is 319 g/mol. The molecule has 0 aliphatic carbocycles. The molecule has 0 saturated heterocycles. The Labute approximate surface area is 139 Å². The van der Waals surface area contributed by atoms with Crippen LogP contribution in [-0.2, 0) is 44.5 Å². The topological polar surface area (TPSA) is 0 Å². The van der Waals surface area contributed by atoms with Crippen molar-refractivity contribution in [1.29, 1.82) is 0 Å². The van der Waals surface area contributed by atoms with Crippen LogP contribution >= 0.6 is 0 Å². The molecule has 0 aliphatic heterocycles. The molecular weight excluding hydrogens is 293 g/mol. The van der Waals surface area contributed by atoms with Crippen LogP contribution in [0.2, 0.25) is 0 Å². The summed E-state index contributed by atoms with van der Waals surface area (Å²) in [6.45, 7) is 15.0. The summed E-state index contributed by atoms with van der Waals surface area (Å²) in [5.74, 6) is 0. The van der Waals surface area contributed by atoms with E-state index in [0.717, 1.165) is 6.42 Å². The van der Waals surface area contributed by atoms with Gasteiger partial charge < -0.3 is 7.43 Å². The second kappa shape index (κ2) is 8.28. The number of hydrogen-bond donors (Lipinski definition) is 0. The van der Waals surface area contributed by atoms with Gasteiger partial charge in [0.2, 0.25) is 0 Å². The predicted octanol–water partition coefficient (Wildman–Crippen LogP) is 5.03. The third-order valence-corrected chi connectivity index (χ3v) is 3.03. The van der Waals surface area contributed by atoms with Crippen LogP contribution in [-0.4, -0.2) is 0 Å². The Hall–Kier alpha value is 0.0639. The molecule has 99 valence electrons. The first-order valence-corrected chi connectivity index (χ1v) is 6.07. The van der Waals surface area contributed by atoms with E-state index in [1.165, 1.54) is 28.7 Å². The molecule has 0 nitrogen and oxygen atoms in total.